The smallest absolute Gasteiger partial charge is 0.266 e. The third-order valence-electron chi connectivity index (χ3n) is 4.79. The average Bonchev–Trinajstić information content (AvgIpc) is 2.92. The molecule has 0 saturated carbocycles. The second-order valence-electron chi connectivity index (χ2n) is 6.65. The molecule has 0 atom stereocenters. The molecule has 1 aliphatic heterocycles. The molecule has 3 aromatic carbocycles. The molecule has 1 heterocycles. The molecule has 26 heavy (non-hydrogen) atoms. The second kappa shape index (κ2) is 6.60. The van der Waals surface area contributed by atoms with Gasteiger partial charge in [0.1, 0.15) is 0 Å². The highest BCUT2D eigenvalue weighted by molar-refractivity contribution is 6.34. The van der Waals surface area contributed by atoms with E-state index in [-0.39, 0.29) is 11.8 Å². The summed E-state index contributed by atoms with van der Waals surface area (Å²) >= 11 is 0. The summed E-state index contributed by atoms with van der Waals surface area (Å²) in [6.07, 6.45) is 1.74. The molecule has 3 heteroatoms. The van der Waals surface area contributed by atoms with Crippen LogP contribution >= 0.6 is 0 Å². The van der Waals surface area contributed by atoms with E-state index in [0.29, 0.717) is 16.8 Å². The Balaban J connectivity index is 1.57. The molecule has 0 bridgehead atoms. The van der Waals surface area contributed by atoms with E-state index in [1.807, 2.05) is 30.3 Å². The van der Waals surface area contributed by atoms with Gasteiger partial charge in [-0.3, -0.25) is 9.59 Å². The second-order valence-corrected chi connectivity index (χ2v) is 6.65. The fourth-order valence-electron chi connectivity index (χ4n) is 3.30. The van der Waals surface area contributed by atoms with Crippen LogP contribution in [0.25, 0.3) is 0 Å². The number of hydrogen-bond donors (Lipinski definition) is 0. The summed E-state index contributed by atoms with van der Waals surface area (Å²) in [5, 5.41) is 0. The van der Waals surface area contributed by atoms with Crippen LogP contribution in [-0.4, -0.2) is 11.8 Å². The molecule has 3 aromatic rings. The van der Waals surface area contributed by atoms with Gasteiger partial charge in [-0.1, -0.05) is 54.1 Å². The van der Waals surface area contributed by atoms with Crippen molar-refractivity contribution in [2.45, 2.75) is 19.8 Å². The van der Waals surface area contributed by atoms with E-state index in [1.54, 1.807) is 18.2 Å². The van der Waals surface area contributed by atoms with Gasteiger partial charge < -0.3 is 0 Å². The first-order valence-corrected chi connectivity index (χ1v) is 8.76. The van der Waals surface area contributed by atoms with E-state index < -0.39 is 0 Å². The summed E-state index contributed by atoms with van der Waals surface area (Å²) in [5.41, 5.74) is 5.18. The first kappa shape index (κ1) is 16.3. The summed E-state index contributed by atoms with van der Waals surface area (Å²) in [5.74, 6) is -0.491. The topological polar surface area (TPSA) is 37.4 Å². The van der Waals surface area contributed by atoms with Gasteiger partial charge in [0, 0.05) is 0 Å². The van der Waals surface area contributed by atoms with Crippen molar-refractivity contribution in [3.05, 3.63) is 101 Å². The molecule has 0 N–H and O–H groups in total. The van der Waals surface area contributed by atoms with Gasteiger partial charge in [-0.05, 0) is 55.2 Å². The van der Waals surface area contributed by atoms with Crippen molar-refractivity contribution >= 4 is 17.5 Å². The van der Waals surface area contributed by atoms with Gasteiger partial charge in [-0.15, -0.1) is 0 Å². The van der Waals surface area contributed by atoms with Crippen LogP contribution in [-0.2, 0) is 12.8 Å². The van der Waals surface area contributed by atoms with Gasteiger partial charge in [-0.25, -0.2) is 4.90 Å². The number of anilines is 1. The summed E-state index contributed by atoms with van der Waals surface area (Å²) in [6.45, 7) is 2.07. The fourth-order valence-corrected chi connectivity index (χ4v) is 3.30. The third-order valence-corrected chi connectivity index (χ3v) is 4.79. The first-order valence-electron chi connectivity index (χ1n) is 8.76. The number of rotatable bonds is 4. The third kappa shape index (κ3) is 2.92. The van der Waals surface area contributed by atoms with Crippen molar-refractivity contribution in [2.75, 3.05) is 4.90 Å². The van der Waals surface area contributed by atoms with Crippen LogP contribution in [0.1, 0.15) is 37.4 Å². The number of nitrogens with zero attached hydrogens (tertiary/aromatic N) is 1. The largest absolute Gasteiger partial charge is 0.268 e. The Morgan fingerprint density at radius 2 is 1.31 bits per heavy atom. The fraction of sp³-hybridized carbons (Fsp3) is 0.130. The predicted molar refractivity (Wildman–Crippen MR) is 103 cm³/mol. The summed E-state index contributed by atoms with van der Waals surface area (Å²) < 4.78 is 0. The van der Waals surface area contributed by atoms with Gasteiger partial charge in [0.05, 0.1) is 16.8 Å². The zero-order valence-electron chi connectivity index (χ0n) is 14.6. The van der Waals surface area contributed by atoms with Crippen molar-refractivity contribution in [3.8, 4) is 0 Å². The highest BCUT2D eigenvalue weighted by Gasteiger charge is 2.36. The number of fused-ring (bicyclic) bond motifs is 1. The van der Waals surface area contributed by atoms with Crippen molar-refractivity contribution in [2.24, 2.45) is 0 Å². The predicted octanol–water partition coefficient (Wildman–Crippen LogP) is 4.58. The SMILES string of the molecule is Cc1ccc(CCc2ccc3c(c2)C(=O)N(c2ccccc2)C3=O)cc1. The number of para-hydroxylation sites is 1. The lowest BCUT2D eigenvalue weighted by Gasteiger charge is -2.13. The Labute approximate surface area is 152 Å². The van der Waals surface area contributed by atoms with Crippen molar-refractivity contribution in [1.29, 1.82) is 0 Å². The Bertz CT molecular complexity index is 975. The van der Waals surface area contributed by atoms with Crippen molar-refractivity contribution in [1.82, 2.24) is 0 Å². The molecule has 128 valence electrons. The minimum absolute atomic E-state index is 0.242. The molecule has 4 rings (SSSR count). The van der Waals surface area contributed by atoms with Gasteiger partial charge in [0.25, 0.3) is 11.8 Å². The molecule has 0 spiro atoms. The van der Waals surface area contributed by atoms with E-state index in [0.717, 1.165) is 18.4 Å². The van der Waals surface area contributed by atoms with Crippen LogP contribution < -0.4 is 4.90 Å². The Morgan fingerprint density at radius 3 is 2.04 bits per heavy atom. The summed E-state index contributed by atoms with van der Waals surface area (Å²) in [4.78, 5) is 26.7. The molecule has 3 nitrogen and oxygen atoms in total. The molecule has 0 unspecified atom stereocenters. The van der Waals surface area contributed by atoms with Crippen LogP contribution in [0, 0.1) is 6.92 Å². The number of imide groups is 1. The molecule has 0 aromatic heterocycles. The number of amides is 2. The molecule has 2 amide bonds. The van der Waals surface area contributed by atoms with Gasteiger partial charge in [0.2, 0.25) is 0 Å². The van der Waals surface area contributed by atoms with Gasteiger partial charge >= 0.3 is 0 Å². The molecule has 0 saturated heterocycles. The van der Waals surface area contributed by atoms with E-state index in [4.69, 9.17) is 0 Å². The number of carbonyl (C=O) groups excluding carboxylic acids is 2. The Hall–Kier alpha value is -3.20. The maximum absolute atomic E-state index is 12.8. The molecular weight excluding hydrogens is 322 g/mol. The lowest BCUT2D eigenvalue weighted by Crippen LogP contribution is -2.29. The minimum atomic E-state index is -0.249. The number of hydrogen-bond acceptors (Lipinski definition) is 2. The molecular formula is C23H19NO2. The van der Waals surface area contributed by atoms with Crippen LogP contribution in [0.3, 0.4) is 0 Å². The maximum atomic E-state index is 12.8. The highest BCUT2D eigenvalue weighted by Crippen LogP contribution is 2.29. The van der Waals surface area contributed by atoms with E-state index in [9.17, 15) is 9.59 Å². The van der Waals surface area contributed by atoms with E-state index in [1.165, 1.54) is 16.0 Å². The van der Waals surface area contributed by atoms with Crippen molar-refractivity contribution in [3.63, 3.8) is 0 Å². The van der Waals surface area contributed by atoms with Crippen LogP contribution in [0.2, 0.25) is 0 Å². The minimum Gasteiger partial charge on any atom is -0.268 e. The number of carbonyl (C=O) groups is 2. The zero-order valence-corrected chi connectivity index (χ0v) is 14.6. The monoisotopic (exact) mass is 341 g/mol. The Kier molecular flexibility index (Phi) is 4.13. The van der Waals surface area contributed by atoms with Crippen LogP contribution in [0.5, 0.6) is 0 Å². The Morgan fingerprint density at radius 1 is 0.692 bits per heavy atom. The number of aryl methyl sites for hydroxylation is 3. The maximum Gasteiger partial charge on any atom is 0.266 e. The summed E-state index contributed by atoms with van der Waals surface area (Å²) in [7, 11) is 0. The number of benzene rings is 3. The van der Waals surface area contributed by atoms with Crippen LogP contribution in [0.15, 0.2) is 72.8 Å². The molecule has 0 aliphatic carbocycles. The molecule has 0 fully saturated rings. The van der Waals surface area contributed by atoms with E-state index >= 15 is 0 Å². The normalized spacial score (nSPS) is 13.2. The summed E-state index contributed by atoms with van der Waals surface area (Å²) in [6, 6.07) is 23.2. The van der Waals surface area contributed by atoms with E-state index in [2.05, 4.69) is 31.2 Å². The standard InChI is InChI=1S/C23H19NO2/c1-16-7-9-17(10-8-16)11-12-18-13-14-20-21(15-18)23(26)24(22(20)25)19-5-3-2-4-6-19/h2-10,13-15H,11-12H2,1H3. The van der Waals surface area contributed by atoms with Gasteiger partial charge in [-0.2, -0.15) is 0 Å². The quantitative estimate of drug-likeness (QED) is 0.651. The van der Waals surface area contributed by atoms with Crippen LogP contribution in [0.4, 0.5) is 5.69 Å². The lowest BCUT2D eigenvalue weighted by molar-refractivity contribution is 0.0926. The van der Waals surface area contributed by atoms with Crippen molar-refractivity contribution < 1.29 is 9.59 Å². The van der Waals surface area contributed by atoms with Gasteiger partial charge in [0.15, 0.2) is 0 Å². The zero-order chi connectivity index (χ0) is 18.1. The molecule has 0 radical (unpaired) electrons. The first-order chi connectivity index (χ1) is 12.6. The molecule has 1 aliphatic rings. The highest BCUT2D eigenvalue weighted by atomic mass is 16.2. The average molecular weight is 341 g/mol. The lowest BCUT2D eigenvalue weighted by atomic mass is 10.00.